The van der Waals surface area contributed by atoms with E-state index in [4.69, 9.17) is 90.6 Å². The Morgan fingerprint density at radius 2 is 0.778 bits per heavy atom. The first-order valence-corrected chi connectivity index (χ1v) is 42.0. The monoisotopic (exact) mass is 1660 g/mol. The maximum atomic E-state index is 14.9. The molecule has 0 unspecified atom stereocenters. The Hall–Kier alpha value is -5.49. The number of Topliss-reactive ketones (excluding diaryl/α,β-unsaturated/α-hetero) is 3. The molecule has 0 radical (unpaired) electrons. The van der Waals surface area contributed by atoms with Gasteiger partial charge in [-0.2, -0.15) is 0 Å². The molecule has 3 N–H and O–H groups in total. The van der Waals surface area contributed by atoms with Gasteiger partial charge in [-0.25, -0.2) is 0 Å². The Morgan fingerprint density at radius 1 is 0.462 bits per heavy atom. The van der Waals surface area contributed by atoms with E-state index < -0.39 is 308 Å². The van der Waals surface area contributed by atoms with Gasteiger partial charge in [0.15, 0.2) is 72.7 Å². The highest BCUT2D eigenvalue weighted by Gasteiger charge is 2.80. The highest BCUT2D eigenvalue weighted by molar-refractivity contribution is 6.02. The Morgan fingerprint density at radius 3 is 1.14 bits per heavy atom. The number of hydrogen-bond acceptors (Lipinski definition) is 21. The number of carbonyl (C=O) groups excluding carboxylic acids is 9. The van der Waals surface area contributed by atoms with Gasteiger partial charge in [-0.15, -0.1) is 0 Å². The van der Waals surface area contributed by atoms with Gasteiger partial charge in [0.1, 0.15) is 0 Å². The first kappa shape index (κ1) is 51.6. The van der Waals surface area contributed by atoms with E-state index in [0.29, 0.717) is 56.1 Å². The van der Waals surface area contributed by atoms with Crippen LogP contribution in [0.4, 0.5) is 0 Å². The lowest BCUT2D eigenvalue weighted by Gasteiger charge is -2.59. The van der Waals surface area contributed by atoms with Crippen molar-refractivity contribution in [2.75, 3.05) is 19.7 Å². The van der Waals surface area contributed by atoms with Crippen LogP contribution in [0.15, 0.2) is 71.3 Å². The van der Waals surface area contributed by atoms with Crippen molar-refractivity contribution in [1.82, 2.24) is 0 Å². The van der Waals surface area contributed by atoms with Crippen LogP contribution in [0.3, 0.4) is 0 Å². The second kappa shape index (κ2) is 31.7. The van der Waals surface area contributed by atoms with Crippen molar-refractivity contribution in [3.05, 3.63) is 71.3 Å². The van der Waals surface area contributed by atoms with Crippen LogP contribution in [-0.2, 0) is 85.8 Å². The molecule has 18 aliphatic rings. The molecule has 3 saturated heterocycles. The molecule has 0 bridgehead atoms. The van der Waals surface area contributed by atoms with Gasteiger partial charge in [-0.1, -0.05) is 175 Å². The second-order valence-electron chi connectivity index (χ2n) is 37.7. The molecule has 18 rings (SSSR count). The fourth-order valence-corrected chi connectivity index (χ4v) is 26.9. The van der Waals surface area contributed by atoms with Gasteiger partial charge in [-0.05, 0) is 187 Å². The van der Waals surface area contributed by atoms with Crippen molar-refractivity contribution in [2.24, 2.45) is 121 Å². The Bertz CT molecular complexity index is 5780. The number of hydrogen-bond donors (Lipinski definition) is 3. The predicted molar refractivity (Wildman–Crippen MR) is 430 cm³/mol. The van der Waals surface area contributed by atoms with E-state index in [9.17, 15) is 59.8 Å². The maximum Gasteiger partial charge on any atom is 0.308 e. The molecule has 3 aliphatic heterocycles. The third-order valence-electron chi connectivity index (χ3n) is 32.1. The van der Waals surface area contributed by atoms with Crippen LogP contribution in [0.25, 0.3) is 0 Å². The average Bonchev–Trinajstić information content (AvgIpc) is 1.56. The minimum absolute atomic E-state index is 0.00832. The van der Waals surface area contributed by atoms with E-state index in [1.807, 2.05) is 0 Å². The third-order valence-corrected chi connectivity index (χ3v) is 32.1. The number of rotatable bonds is 15. The summed E-state index contributed by atoms with van der Waals surface area (Å²) >= 11 is 0. The van der Waals surface area contributed by atoms with Gasteiger partial charge in [0, 0.05) is 99.5 Å². The topological polar surface area (TPSA) is 297 Å². The molecule has 15 aliphatic carbocycles. The molecule has 642 valence electrons. The summed E-state index contributed by atoms with van der Waals surface area (Å²) in [7, 11) is 0. The zero-order valence-corrected chi connectivity index (χ0v) is 66.9. The van der Waals surface area contributed by atoms with E-state index >= 15 is 0 Å². The van der Waals surface area contributed by atoms with E-state index in [1.165, 1.54) is 18.2 Å². The fraction of sp³-hybridized carbons (Fsp3) is 0.781. The number of aliphatic hydroxyl groups is 3. The molecule has 12 saturated carbocycles. The van der Waals surface area contributed by atoms with E-state index in [2.05, 4.69) is 0 Å². The lowest BCUT2D eigenvalue weighted by atomic mass is 9.46. The number of allylic oxidation sites excluding steroid dienone is 12. The molecular weight excluding hydrogens is 1490 g/mol. The number of ether oxygens (including phenoxy) is 9. The summed E-state index contributed by atoms with van der Waals surface area (Å²) in [6.45, 7) is -24.0. The number of carbonyl (C=O) groups is 9. The SMILES string of the molecule is [2H]C1=C[C@@]2(C)C(=C([2H])C1=O)C([2H])([2H])C[C@@H]1[C@@H]2[C@@H](O)C[C@@]2(C)[C@H]1C[C@H]1O[C@@H](C3CCCCC3)O[C@]12C(=O)C([2H])([2H])OC(=O)C([2H])(C([2H])([2H])[2H])C([2H])([2H])[2H].[2H]C1=C[C@@]2(C)C(=C([2H])C1=O)CC[C@@H]1[C@@H]2[C@@H](O)C[C@@]2(C)[C@H]1C[C@H]1O[C@@H](C3CCCCC3)O[C@]12C(=O)C([2H])([2H])OC(=O)C([2H])(C([2H])([2H])[2H])C([2H])([2H])[2H].[2H]C1=C[C@@]2(C)C(=C([2H])C1=O)CC[C@@H]1[C@@H]2[C@@H](O)C[C@@]2(C)[C@H]1C[C@H]1O[C@@]([2H])(C3CCCCC3)O[C@]12C(=O)C([2H])([2H])OC(=O)C([2H])(C([2H])([2H])[2H])C([2H])([2H])[2H]. The number of fused-ring (bicyclic) bond motifs is 21. The van der Waals surface area contributed by atoms with Crippen LogP contribution >= 0.6 is 0 Å². The molecule has 117 heavy (non-hydrogen) atoms. The summed E-state index contributed by atoms with van der Waals surface area (Å²) in [5.74, 6) is -31.8. The van der Waals surface area contributed by atoms with Crippen LogP contribution in [0.5, 0.6) is 0 Å². The summed E-state index contributed by atoms with van der Waals surface area (Å²) in [5.41, 5.74) is -13.9. The predicted octanol–water partition coefficient (Wildman–Crippen LogP) is 14.1. The van der Waals surface area contributed by atoms with Gasteiger partial charge in [-0.3, -0.25) is 43.2 Å². The molecule has 3 heterocycles. The lowest BCUT2D eigenvalue weighted by molar-refractivity contribution is -0.210. The maximum absolute atomic E-state index is 14.9. The summed E-state index contributed by atoms with van der Waals surface area (Å²) in [6.07, 6.45) is 2.64. The van der Waals surface area contributed by atoms with Gasteiger partial charge < -0.3 is 58.0 Å². The minimum atomic E-state index is -3.96. The Kier molecular flexibility index (Phi) is 14.0. The number of esters is 3. The molecule has 0 aromatic rings. The first-order valence-electron chi connectivity index (χ1n) is 60.0. The van der Waals surface area contributed by atoms with Crippen molar-refractivity contribution in [2.45, 2.75) is 328 Å². The first-order chi connectivity index (χ1) is 69.7. The van der Waals surface area contributed by atoms with Crippen LogP contribution in [0.2, 0.25) is 0 Å². The smallest absolute Gasteiger partial charge is 0.308 e. The summed E-state index contributed by atoms with van der Waals surface area (Å²) < 4.78 is 346. The second-order valence-corrected chi connectivity index (χ2v) is 37.7. The van der Waals surface area contributed by atoms with E-state index in [0.717, 1.165) is 70.6 Å². The van der Waals surface area contributed by atoms with Crippen molar-refractivity contribution < 1.29 is 150 Å². The van der Waals surface area contributed by atoms with Crippen LogP contribution in [0.1, 0.15) is 305 Å². The van der Waals surface area contributed by atoms with Gasteiger partial charge >= 0.3 is 17.9 Å². The fourth-order valence-electron chi connectivity index (χ4n) is 26.9. The molecule has 0 aromatic carbocycles. The van der Waals surface area contributed by atoms with Gasteiger partial charge in [0.25, 0.3) is 0 Å². The van der Waals surface area contributed by atoms with Gasteiger partial charge in [0.2, 0.25) is 17.3 Å². The highest BCUT2D eigenvalue weighted by atomic mass is 16.8. The molecule has 21 heteroatoms. The van der Waals surface area contributed by atoms with Crippen molar-refractivity contribution in [3.8, 4) is 0 Å². The van der Waals surface area contributed by atoms with E-state index in [-0.39, 0.29) is 98.9 Å². The van der Waals surface area contributed by atoms with Crippen molar-refractivity contribution >= 4 is 52.6 Å². The lowest BCUT2D eigenvalue weighted by Crippen LogP contribution is -2.63. The van der Waals surface area contributed by atoms with Crippen molar-refractivity contribution in [1.29, 1.82) is 0 Å². The molecule has 0 aromatic heterocycles. The molecule has 15 fully saturated rings. The minimum Gasteiger partial charge on any atom is -0.457 e. The Balaban J connectivity index is 0.000000163. The largest absolute Gasteiger partial charge is 0.457 e. The zero-order valence-electron chi connectivity index (χ0n) is 103. The summed E-state index contributed by atoms with van der Waals surface area (Å²) in [5, 5.41) is 36.1. The Labute approximate surface area is 742 Å². The van der Waals surface area contributed by atoms with Gasteiger partial charge in [0.05, 0.1) is 72.1 Å². The third kappa shape index (κ3) is 13.6. The van der Waals surface area contributed by atoms with Crippen LogP contribution < -0.4 is 0 Å². The molecule has 0 spiro atoms. The summed E-state index contributed by atoms with van der Waals surface area (Å²) in [6, 6.07) is -2.41. The van der Waals surface area contributed by atoms with Crippen molar-refractivity contribution in [3.63, 3.8) is 0 Å². The summed E-state index contributed by atoms with van der Waals surface area (Å²) in [4.78, 5) is 122. The molecule has 21 nitrogen and oxygen atoms in total. The number of ketones is 6. The van der Waals surface area contributed by atoms with Crippen LogP contribution in [-0.4, -0.2) is 160 Å². The standard InChI is InChI=1S/3C32H44O7/c3*1-18(2)28(36)37-17-25(35)32-26(38-29(39-32)19-8-6-5-7-9-19)15-23-22-11-10-20-14-21(33)12-13-30(20,3)27(22)24(34)16-31(23,32)4/h3*12-14,18-19,22-24,26-27,29,34H,5-11,15-17H2,1-4H3/t3*22-,23-,24-,26+,27+,29+,30-,31-,32+/m000/s1/i1D3,2D3,12D,14D,17D2,18D,29D;1D3,2D3,10D2,12D,14D,17D2,18D;1D3,2D3,12D,14D,17D2,18D. The van der Waals surface area contributed by atoms with E-state index in [1.54, 1.807) is 41.5 Å². The quantitative estimate of drug-likeness (QED) is 0.101. The van der Waals surface area contributed by atoms with Crippen LogP contribution in [0, 0.1) is 121 Å². The molecular formula is C96H132O21. The average molecular weight is 1660 g/mol. The zero-order chi connectivity index (χ0) is 114. The highest BCUT2D eigenvalue weighted by Crippen LogP contribution is 2.74. The molecule has 0 amide bonds. The normalized spacial score (nSPS) is 52.6. The number of aliphatic hydroxyl groups excluding tert-OH is 3. The molecule has 27 atom stereocenters.